The topological polar surface area (TPSA) is 89.6 Å². The Morgan fingerprint density at radius 2 is 1.90 bits per heavy atom. The highest BCUT2D eigenvalue weighted by Gasteiger charge is 2.38. The number of methoxy groups -OCH3 is 1. The molecule has 0 saturated carbocycles. The second kappa shape index (κ2) is 7.73. The molecule has 0 fully saturated rings. The predicted octanol–water partition coefficient (Wildman–Crippen LogP) is 2.12. The van der Waals surface area contributed by atoms with Crippen LogP contribution in [-0.4, -0.2) is 30.3 Å². The van der Waals surface area contributed by atoms with Crippen LogP contribution in [0.25, 0.3) is 0 Å². The Kier molecular flexibility index (Phi) is 7.05. The number of benzene rings is 1. The van der Waals surface area contributed by atoms with E-state index in [1.54, 1.807) is 13.2 Å². The maximum atomic E-state index is 10.7. The van der Waals surface area contributed by atoms with Crippen molar-refractivity contribution in [3.8, 4) is 5.75 Å². The van der Waals surface area contributed by atoms with Crippen LogP contribution in [0.4, 0.5) is 13.2 Å². The van der Waals surface area contributed by atoms with Crippen LogP contribution in [0.15, 0.2) is 22.7 Å². The summed E-state index contributed by atoms with van der Waals surface area (Å²) in [5.74, 6) is -2.44. The normalized spacial score (nSPS) is 10.2. The second-order valence-corrected chi connectivity index (χ2v) is 4.32. The Balaban J connectivity index is 0.000000441. The molecule has 0 aliphatic carbocycles. The predicted molar refractivity (Wildman–Crippen MR) is 67.3 cm³/mol. The Hall–Kier alpha value is -1.77. The fourth-order valence-corrected chi connectivity index (χ4v) is 1.48. The van der Waals surface area contributed by atoms with Crippen molar-refractivity contribution in [3.63, 3.8) is 0 Å². The molecule has 5 nitrogen and oxygen atoms in total. The van der Waals surface area contributed by atoms with Gasteiger partial charge in [-0.2, -0.15) is 13.2 Å². The fraction of sp³-hybridized carbons (Fsp3) is 0.273. The minimum Gasteiger partial charge on any atom is -0.496 e. The first-order valence-corrected chi connectivity index (χ1v) is 5.78. The molecule has 0 aromatic heterocycles. The Labute approximate surface area is 120 Å². The number of aliphatic carboxylic acids is 1. The summed E-state index contributed by atoms with van der Waals surface area (Å²) in [6.45, 7) is 0. The van der Waals surface area contributed by atoms with Crippen LogP contribution in [0.3, 0.4) is 0 Å². The lowest BCUT2D eigenvalue weighted by molar-refractivity contribution is -0.192. The summed E-state index contributed by atoms with van der Waals surface area (Å²) >= 11 is 3.31. The monoisotopic (exact) mass is 357 g/mol. The van der Waals surface area contributed by atoms with Crippen LogP contribution < -0.4 is 10.5 Å². The Bertz CT molecular complexity index is 491. The molecule has 1 aromatic carbocycles. The molecular weight excluding hydrogens is 347 g/mol. The van der Waals surface area contributed by atoms with E-state index in [1.165, 1.54) is 0 Å². The number of amides is 1. The van der Waals surface area contributed by atoms with Crippen LogP contribution in [0.5, 0.6) is 5.75 Å². The van der Waals surface area contributed by atoms with Gasteiger partial charge in [0.1, 0.15) is 5.75 Å². The number of rotatable bonds is 3. The second-order valence-electron chi connectivity index (χ2n) is 3.40. The number of carboxylic acids is 1. The molecule has 0 radical (unpaired) electrons. The van der Waals surface area contributed by atoms with Crippen LogP contribution in [0.2, 0.25) is 0 Å². The minimum atomic E-state index is -5.08. The molecule has 0 heterocycles. The van der Waals surface area contributed by atoms with Crippen LogP contribution in [0, 0.1) is 0 Å². The molecule has 0 saturated heterocycles. The molecule has 0 aliphatic heterocycles. The lowest BCUT2D eigenvalue weighted by atomic mass is 10.1. The van der Waals surface area contributed by atoms with Crippen molar-refractivity contribution in [2.75, 3.05) is 7.11 Å². The quantitative estimate of drug-likeness (QED) is 0.866. The van der Waals surface area contributed by atoms with Crippen molar-refractivity contribution in [2.24, 2.45) is 5.73 Å². The number of hydrogen-bond acceptors (Lipinski definition) is 3. The largest absolute Gasteiger partial charge is 0.496 e. The molecule has 112 valence electrons. The van der Waals surface area contributed by atoms with Gasteiger partial charge in [0.25, 0.3) is 0 Å². The number of nitrogens with two attached hydrogens (primary N) is 1. The molecule has 0 atom stereocenters. The zero-order valence-corrected chi connectivity index (χ0v) is 11.8. The van der Waals surface area contributed by atoms with E-state index in [1.807, 2.05) is 12.1 Å². The van der Waals surface area contributed by atoms with Crippen LogP contribution in [-0.2, 0) is 16.0 Å². The SMILES string of the molecule is COc1ccc(Br)cc1CC(N)=O.O=C(O)C(F)(F)F. The summed E-state index contributed by atoms with van der Waals surface area (Å²) in [6, 6.07) is 5.47. The molecule has 3 N–H and O–H groups in total. The van der Waals surface area contributed by atoms with Crippen molar-refractivity contribution in [1.29, 1.82) is 0 Å². The van der Waals surface area contributed by atoms with Crippen LogP contribution >= 0.6 is 15.9 Å². The van der Waals surface area contributed by atoms with E-state index in [0.29, 0.717) is 5.75 Å². The average Bonchev–Trinajstić information content (AvgIpc) is 2.28. The number of halogens is 4. The van der Waals surface area contributed by atoms with Gasteiger partial charge in [0.2, 0.25) is 5.91 Å². The van der Waals surface area contributed by atoms with Gasteiger partial charge in [0.15, 0.2) is 0 Å². The lowest BCUT2D eigenvalue weighted by Gasteiger charge is -2.06. The van der Waals surface area contributed by atoms with Gasteiger partial charge in [-0.15, -0.1) is 0 Å². The minimum absolute atomic E-state index is 0.197. The van der Waals surface area contributed by atoms with Gasteiger partial charge in [-0.25, -0.2) is 4.79 Å². The number of hydrogen-bond donors (Lipinski definition) is 2. The molecule has 0 bridgehead atoms. The number of alkyl halides is 3. The maximum absolute atomic E-state index is 10.7. The van der Waals surface area contributed by atoms with Gasteiger partial charge in [0.05, 0.1) is 13.5 Å². The highest BCUT2D eigenvalue weighted by atomic mass is 79.9. The summed E-state index contributed by atoms with van der Waals surface area (Å²) in [7, 11) is 1.56. The van der Waals surface area contributed by atoms with Gasteiger partial charge in [-0.3, -0.25) is 4.79 Å². The molecule has 1 aromatic rings. The van der Waals surface area contributed by atoms with E-state index in [0.717, 1.165) is 10.0 Å². The molecular formula is C11H11BrF3NO4. The zero-order chi connectivity index (χ0) is 15.9. The van der Waals surface area contributed by atoms with E-state index in [2.05, 4.69) is 15.9 Å². The van der Waals surface area contributed by atoms with Crippen molar-refractivity contribution in [2.45, 2.75) is 12.6 Å². The number of primary amides is 1. The van der Waals surface area contributed by atoms with E-state index in [4.69, 9.17) is 20.4 Å². The first-order chi connectivity index (χ1) is 9.07. The van der Waals surface area contributed by atoms with Crippen molar-refractivity contribution >= 4 is 27.8 Å². The molecule has 0 aliphatic rings. The summed E-state index contributed by atoms with van der Waals surface area (Å²) < 4.78 is 37.7. The average molecular weight is 358 g/mol. The number of carbonyl (C=O) groups is 2. The first kappa shape index (κ1) is 18.2. The van der Waals surface area contributed by atoms with Crippen molar-refractivity contribution < 1.29 is 32.6 Å². The van der Waals surface area contributed by atoms with E-state index in [9.17, 15) is 18.0 Å². The van der Waals surface area contributed by atoms with Crippen molar-refractivity contribution in [3.05, 3.63) is 28.2 Å². The van der Waals surface area contributed by atoms with Gasteiger partial charge in [-0.1, -0.05) is 15.9 Å². The zero-order valence-electron chi connectivity index (χ0n) is 10.2. The highest BCUT2D eigenvalue weighted by Crippen LogP contribution is 2.23. The summed E-state index contributed by atoms with van der Waals surface area (Å²) in [6.07, 6.45) is -4.89. The molecule has 0 unspecified atom stereocenters. The van der Waals surface area contributed by atoms with Gasteiger partial charge in [-0.05, 0) is 18.2 Å². The smallest absolute Gasteiger partial charge is 0.490 e. The summed E-state index contributed by atoms with van der Waals surface area (Å²) in [5, 5.41) is 7.12. The fourth-order valence-electron chi connectivity index (χ4n) is 1.07. The Morgan fingerprint density at radius 3 is 2.25 bits per heavy atom. The van der Waals surface area contributed by atoms with E-state index in [-0.39, 0.29) is 12.3 Å². The van der Waals surface area contributed by atoms with E-state index < -0.39 is 12.1 Å². The number of carboxylic acid groups (broad SMARTS) is 1. The summed E-state index contributed by atoms with van der Waals surface area (Å²) in [4.78, 5) is 19.6. The third-order valence-corrected chi connectivity index (χ3v) is 2.34. The number of carbonyl (C=O) groups excluding carboxylic acids is 1. The van der Waals surface area contributed by atoms with Gasteiger partial charge in [0, 0.05) is 10.0 Å². The van der Waals surface area contributed by atoms with Gasteiger partial charge >= 0.3 is 12.1 Å². The van der Waals surface area contributed by atoms with E-state index >= 15 is 0 Å². The molecule has 1 rings (SSSR count). The third-order valence-electron chi connectivity index (χ3n) is 1.85. The van der Waals surface area contributed by atoms with Crippen LogP contribution in [0.1, 0.15) is 5.56 Å². The molecule has 0 spiro atoms. The standard InChI is InChI=1S/C9H10BrNO2.C2HF3O2/c1-13-8-3-2-7(10)4-6(8)5-9(11)12;3-2(4,5)1(6)7/h2-4H,5H2,1H3,(H2,11,12);(H,6,7). The highest BCUT2D eigenvalue weighted by molar-refractivity contribution is 9.10. The van der Waals surface area contributed by atoms with Gasteiger partial charge < -0.3 is 15.6 Å². The molecule has 1 amide bonds. The summed E-state index contributed by atoms with van der Waals surface area (Å²) in [5.41, 5.74) is 5.88. The molecule has 9 heteroatoms. The molecule has 20 heavy (non-hydrogen) atoms. The number of ether oxygens (including phenoxy) is 1. The Morgan fingerprint density at radius 1 is 1.40 bits per heavy atom. The third kappa shape index (κ3) is 6.98. The van der Waals surface area contributed by atoms with Crippen molar-refractivity contribution in [1.82, 2.24) is 0 Å². The maximum Gasteiger partial charge on any atom is 0.490 e. The lowest BCUT2D eigenvalue weighted by Crippen LogP contribution is -2.21. The first-order valence-electron chi connectivity index (χ1n) is 4.98.